The normalized spacial score (nSPS) is 10.5. The Hall–Kier alpha value is -2.81. The van der Waals surface area contributed by atoms with Gasteiger partial charge in [0.05, 0.1) is 6.26 Å². The van der Waals surface area contributed by atoms with E-state index in [2.05, 4.69) is 12.1 Å². The molecule has 0 aliphatic carbocycles. The van der Waals surface area contributed by atoms with Gasteiger partial charge in [-0.05, 0) is 29.2 Å². The summed E-state index contributed by atoms with van der Waals surface area (Å²) in [6, 6.07) is 19.7. The lowest BCUT2D eigenvalue weighted by molar-refractivity contribution is 0.0663. The summed E-state index contributed by atoms with van der Waals surface area (Å²) in [5.74, 6) is -1.07. The maximum atomic E-state index is 11.1. The van der Waals surface area contributed by atoms with Crippen LogP contribution in [0.3, 0.4) is 0 Å². The van der Waals surface area contributed by atoms with Crippen molar-refractivity contribution in [2.45, 2.75) is 6.42 Å². The van der Waals surface area contributed by atoms with Crippen LogP contribution in [0.1, 0.15) is 21.7 Å². The second kappa shape index (κ2) is 5.67. The van der Waals surface area contributed by atoms with Crippen LogP contribution >= 0.6 is 0 Å². The largest absolute Gasteiger partial charge is 0.475 e. The number of hydrogen-bond acceptors (Lipinski definition) is 2. The number of rotatable bonds is 4. The first-order valence-electron chi connectivity index (χ1n) is 6.68. The quantitative estimate of drug-likeness (QED) is 0.776. The standard InChI is InChI=1S/C18H14O3/c19-18(20)17-16(9-10-21-17)15-8-4-7-14(12-15)11-13-5-2-1-3-6-13/h1-10,12H,11H2,(H,19,20). The van der Waals surface area contributed by atoms with Crippen LogP contribution in [0.5, 0.6) is 0 Å². The fourth-order valence-corrected chi connectivity index (χ4v) is 2.38. The predicted octanol–water partition coefficient (Wildman–Crippen LogP) is 4.24. The van der Waals surface area contributed by atoms with Gasteiger partial charge in [0, 0.05) is 5.56 Å². The minimum atomic E-state index is -1.05. The van der Waals surface area contributed by atoms with Crippen molar-refractivity contribution in [3.8, 4) is 11.1 Å². The van der Waals surface area contributed by atoms with Crippen molar-refractivity contribution < 1.29 is 14.3 Å². The van der Waals surface area contributed by atoms with E-state index in [0.717, 1.165) is 17.5 Å². The maximum Gasteiger partial charge on any atom is 0.372 e. The van der Waals surface area contributed by atoms with Gasteiger partial charge in [0.1, 0.15) is 0 Å². The Morgan fingerprint density at radius 1 is 0.952 bits per heavy atom. The molecule has 1 heterocycles. The molecule has 2 aromatic carbocycles. The number of carboxylic acid groups (broad SMARTS) is 1. The van der Waals surface area contributed by atoms with Gasteiger partial charge in [-0.15, -0.1) is 0 Å². The number of benzene rings is 2. The van der Waals surface area contributed by atoms with Gasteiger partial charge in [0.15, 0.2) is 0 Å². The lowest BCUT2D eigenvalue weighted by Crippen LogP contribution is -1.96. The van der Waals surface area contributed by atoms with Gasteiger partial charge in [-0.3, -0.25) is 0 Å². The second-order valence-corrected chi connectivity index (χ2v) is 4.83. The van der Waals surface area contributed by atoms with E-state index in [-0.39, 0.29) is 5.76 Å². The van der Waals surface area contributed by atoms with Gasteiger partial charge in [0.2, 0.25) is 5.76 Å². The summed E-state index contributed by atoms with van der Waals surface area (Å²) < 4.78 is 5.04. The Morgan fingerprint density at radius 3 is 2.48 bits per heavy atom. The molecule has 1 N–H and O–H groups in total. The summed E-state index contributed by atoms with van der Waals surface area (Å²) in [4.78, 5) is 11.1. The zero-order valence-corrected chi connectivity index (χ0v) is 11.3. The molecule has 21 heavy (non-hydrogen) atoms. The van der Waals surface area contributed by atoms with Crippen LogP contribution < -0.4 is 0 Å². The van der Waals surface area contributed by atoms with E-state index in [1.54, 1.807) is 6.07 Å². The first-order chi connectivity index (χ1) is 10.2. The highest BCUT2D eigenvalue weighted by Gasteiger charge is 2.15. The highest BCUT2D eigenvalue weighted by atomic mass is 16.4. The van der Waals surface area contributed by atoms with E-state index >= 15 is 0 Å². The minimum absolute atomic E-state index is 0.0214. The molecule has 3 nitrogen and oxygen atoms in total. The van der Waals surface area contributed by atoms with Crippen molar-refractivity contribution in [3.05, 3.63) is 83.8 Å². The summed E-state index contributed by atoms with van der Waals surface area (Å²) in [6.07, 6.45) is 2.22. The van der Waals surface area contributed by atoms with Crippen molar-refractivity contribution in [1.29, 1.82) is 0 Å². The lowest BCUT2D eigenvalue weighted by Gasteiger charge is -2.05. The fourth-order valence-electron chi connectivity index (χ4n) is 2.38. The zero-order chi connectivity index (χ0) is 14.7. The van der Waals surface area contributed by atoms with Crippen molar-refractivity contribution in [2.24, 2.45) is 0 Å². The number of aromatic carboxylic acids is 1. The van der Waals surface area contributed by atoms with Gasteiger partial charge in [-0.2, -0.15) is 0 Å². The molecule has 3 rings (SSSR count). The smallest absolute Gasteiger partial charge is 0.372 e. The van der Waals surface area contributed by atoms with E-state index in [4.69, 9.17) is 9.52 Å². The maximum absolute atomic E-state index is 11.1. The number of furan rings is 1. The van der Waals surface area contributed by atoms with Gasteiger partial charge in [-0.1, -0.05) is 54.6 Å². The molecule has 3 aromatic rings. The molecule has 0 spiro atoms. The van der Waals surface area contributed by atoms with Crippen LogP contribution in [0.25, 0.3) is 11.1 Å². The molecule has 0 unspecified atom stereocenters. The Bertz CT molecular complexity index is 757. The third kappa shape index (κ3) is 2.87. The molecular weight excluding hydrogens is 264 g/mol. The fraction of sp³-hybridized carbons (Fsp3) is 0.0556. The third-order valence-electron chi connectivity index (χ3n) is 3.35. The van der Waals surface area contributed by atoms with Crippen LogP contribution in [0, 0.1) is 0 Å². The monoisotopic (exact) mass is 278 g/mol. The molecule has 104 valence electrons. The Morgan fingerprint density at radius 2 is 1.71 bits per heavy atom. The number of carboxylic acids is 1. The van der Waals surface area contributed by atoms with Crippen molar-refractivity contribution in [2.75, 3.05) is 0 Å². The Kier molecular flexibility index (Phi) is 3.56. The van der Waals surface area contributed by atoms with E-state index in [9.17, 15) is 4.79 Å². The molecule has 1 aromatic heterocycles. The zero-order valence-electron chi connectivity index (χ0n) is 11.3. The average Bonchev–Trinajstić information content (AvgIpc) is 2.98. The Labute approximate surface area is 122 Å². The van der Waals surface area contributed by atoms with E-state index in [1.807, 2.05) is 42.5 Å². The van der Waals surface area contributed by atoms with Crippen LogP contribution in [-0.2, 0) is 6.42 Å². The molecule has 0 atom stereocenters. The van der Waals surface area contributed by atoms with Gasteiger partial charge in [-0.25, -0.2) is 4.79 Å². The third-order valence-corrected chi connectivity index (χ3v) is 3.35. The van der Waals surface area contributed by atoms with Gasteiger partial charge in [0.25, 0.3) is 0 Å². The van der Waals surface area contributed by atoms with Gasteiger partial charge < -0.3 is 9.52 Å². The average molecular weight is 278 g/mol. The van der Waals surface area contributed by atoms with Crippen LogP contribution in [0.2, 0.25) is 0 Å². The topological polar surface area (TPSA) is 50.4 Å². The molecule has 0 aliphatic rings. The van der Waals surface area contributed by atoms with Crippen LogP contribution in [0.4, 0.5) is 0 Å². The van der Waals surface area contributed by atoms with Crippen molar-refractivity contribution in [1.82, 2.24) is 0 Å². The summed E-state index contributed by atoms with van der Waals surface area (Å²) in [6.45, 7) is 0. The minimum Gasteiger partial charge on any atom is -0.475 e. The SMILES string of the molecule is O=C(O)c1occc1-c1cccc(Cc2ccccc2)c1. The molecule has 0 amide bonds. The highest BCUT2D eigenvalue weighted by molar-refractivity contribution is 5.93. The summed E-state index contributed by atoms with van der Waals surface area (Å²) in [5, 5.41) is 9.13. The molecule has 0 radical (unpaired) electrons. The molecule has 0 aliphatic heterocycles. The number of hydrogen-bond donors (Lipinski definition) is 1. The first kappa shape index (κ1) is 13.2. The molecular formula is C18H14O3. The number of carbonyl (C=O) groups is 1. The summed E-state index contributed by atoms with van der Waals surface area (Å²) in [5.41, 5.74) is 3.82. The lowest BCUT2D eigenvalue weighted by atomic mass is 9.99. The van der Waals surface area contributed by atoms with Gasteiger partial charge >= 0.3 is 5.97 Å². The summed E-state index contributed by atoms with van der Waals surface area (Å²) in [7, 11) is 0. The van der Waals surface area contributed by atoms with Crippen molar-refractivity contribution in [3.63, 3.8) is 0 Å². The van der Waals surface area contributed by atoms with E-state index < -0.39 is 5.97 Å². The molecule has 0 bridgehead atoms. The second-order valence-electron chi connectivity index (χ2n) is 4.83. The van der Waals surface area contributed by atoms with Crippen LogP contribution in [0.15, 0.2) is 71.3 Å². The summed E-state index contributed by atoms with van der Waals surface area (Å²) >= 11 is 0. The Balaban J connectivity index is 1.93. The van der Waals surface area contributed by atoms with Crippen molar-refractivity contribution >= 4 is 5.97 Å². The molecule has 0 saturated carbocycles. The molecule has 0 saturated heterocycles. The first-order valence-corrected chi connectivity index (χ1v) is 6.68. The van der Waals surface area contributed by atoms with E-state index in [0.29, 0.717) is 5.56 Å². The molecule has 3 heteroatoms. The van der Waals surface area contributed by atoms with E-state index in [1.165, 1.54) is 11.8 Å². The predicted molar refractivity (Wildman–Crippen MR) is 80.4 cm³/mol. The van der Waals surface area contributed by atoms with Crippen LogP contribution in [-0.4, -0.2) is 11.1 Å². The molecule has 0 fully saturated rings. The highest BCUT2D eigenvalue weighted by Crippen LogP contribution is 2.26.